The van der Waals surface area contributed by atoms with Crippen LogP contribution in [0.4, 0.5) is 0 Å². The molecule has 0 aliphatic carbocycles. The molecule has 0 bridgehead atoms. The Hall–Kier alpha value is -1.35. The van der Waals surface area contributed by atoms with Crippen LogP contribution < -0.4 is 5.73 Å². The van der Waals surface area contributed by atoms with Crippen molar-refractivity contribution < 1.29 is 4.79 Å². The van der Waals surface area contributed by atoms with E-state index in [1.54, 1.807) is 0 Å². The van der Waals surface area contributed by atoms with Crippen molar-refractivity contribution in [1.29, 1.82) is 0 Å². The van der Waals surface area contributed by atoms with Gasteiger partial charge in [0, 0.05) is 25.2 Å². The predicted octanol–water partition coefficient (Wildman–Crippen LogP) is 2.41. The van der Waals surface area contributed by atoms with Crippen LogP contribution in [0.1, 0.15) is 42.6 Å². The molecule has 0 aromatic heterocycles. The van der Waals surface area contributed by atoms with E-state index >= 15 is 0 Å². The molecule has 18 heavy (non-hydrogen) atoms. The fourth-order valence-electron chi connectivity index (χ4n) is 2.28. The Bertz CT molecular complexity index is 413. The summed E-state index contributed by atoms with van der Waals surface area (Å²) in [5, 5.41) is 0. The second-order valence-corrected chi connectivity index (χ2v) is 5.86. The van der Waals surface area contributed by atoms with E-state index in [1.165, 1.54) is 0 Å². The molecule has 0 spiro atoms. The highest BCUT2D eigenvalue weighted by Crippen LogP contribution is 2.30. The molecule has 1 heterocycles. The van der Waals surface area contributed by atoms with Crippen LogP contribution >= 0.6 is 0 Å². The molecule has 0 unspecified atom stereocenters. The number of nitrogens with zero attached hydrogens (tertiary/aromatic N) is 1. The summed E-state index contributed by atoms with van der Waals surface area (Å²) in [5.41, 5.74) is 7.76. The Morgan fingerprint density at radius 2 is 1.78 bits per heavy atom. The zero-order valence-corrected chi connectivity index (χ0v) is 11.3. The first-order chi connectivity index (χ1) is 8.52. The Morgan fingerprint density at radius 3 is 2.28 bits per heavy atom. The molecular formula is C15H22N2O. The van der Waals surface area contributed by atoms with E-state index < -0.39 is 0 Å². The minimum atomic E-state index is 0.147. The summed E-state index contributed by atoms with van der Waals surface area (Å²) < 4.78 is 0. The Balaban J connectivity index is 2.03. The molecule has 1 aromatic rings. The molecule has 3 nitrogen and oxygen atoms in total. The maximum absolute atomic E-state index is 12.3. The van der Waals surface area contributed by atoms with Gasteiger partial charge in [0.1, 0.15) is 0 Å². The standard InChI is InChI=1S/C15H22N2O/c1-15(2)7-9-17(10-8-15)14(18)13-5-3-12(11-16)4-6-13/h3-6H,7-11,16H2,1-2H3. The minimum absolute atomic E-state index is 0.147. The summed E-state index contributed by atoms with van der Waals surface area (Å²) >= 11 is 0. The number of hydrogen-bond acceptors (Lipinski definition) is 2. The third-order valence-electron chi connectivity index (χ3n) is 3.84. The zero-order valence-electron chi connectivity index (χ0n) is 11.3. The first-order valence-electron chi connectivity index (χ1n) is 6.60. The van der Waals surface area contributed by atoms with Gasteiger partial charge >= 0.3 is 0 Å². The Kier molecular flexibility index (Phi) is 3.71. The number of rotatable bonds is 2. The molecular weight excluding hydrogens is 224 g/mol. The van der Waals surface area contributed by atoms with Crippen LogP contribution in [0.25, 0.3) is 0 Å². The third-order valence-corrected chi connectivity index (χ3v) is 3.84. The minimum Gasteiger partial charge on any atom is -0.339 e. The Labute approximate surface area is 109 Å². The van der Waals surface area contributed by atoms with Crippen molar-refractivity contribution >= 4 is 5.91 Å². The van der Waals surface area contributed by atoms with Crippen LogP contribution in [-0.4, -0.2) is 23.9 Å². The number of piperidine rings is 1. The van der Waals surface area contributed by atoms with Crippen molar-refractivity contribution in [1.82, 2.24) is 4.90 Å². The molecule has 1 fully saturated rings. The first-order valence-corrected chi connectivity index (χ1v) is 6.60. The molecule has 0 saturated carbocycles. The summed E-state index contributed by atoms with van der Waals surface area (Å²) in [6, 6.07) is 7.62. The quantitative estimate of drug-likeness (QED) is 0.871. The van der Waals surface area contributed by atoms with E-state index in [-0.39, 0.29) is 5.91 Å². The Morgan fingerprint density at radius 1 is 1.22 bits per heavy atom. The lowest BCUT2D eigenvalue weighted by Gasteiger charge is -2.37. The third kappa shape index (κ3) is 2.91. The van der Waals surface area contributed by atoms with Crippen LogP contribution in [0, 0.1) is 5.41 Å². The fourth-order valence-corrected chi connectivity index (χ4v) is 2.28. The van der Waals surface area contributed by atoms with Crippen LogP contribution in [0.2, 0.25) is 0 Å². The number of amides is 1. The largest absolute Gasteiger partial charge is 0.339 e. The van der Waals surface area contributed by atoms with Gasteiger partial charge < -0.3 is 10.6 Å². The van der Waals surface area contributed by atoms with Crippen molar-refractivity contribution in [3.05, 3.63) is 35.4 Å². The molecule has 1 saturated heterocycles. The first kappa shape index (κ1) is 13.1. The molecule has 3 heteroatoms. The molecule has 98 valence electrons. The maximum Gasteiger partial charge on any atom is 0.253 e. The lowest BCUT2D eigenvalue weighted by Crippen LogP contribution is -2.41. The van der Waals surface area contributed by atoms with Crippen molar-refractivity contribution in [3.8, 4) is 0 Å². The molecule has 1 aliphatic rings. The van der Waals surface area contributed by atoms with Crippen LogP contribution in [-0.2, 0) is 6.54 Å². The van der Waals surface area contributed by atoms with Gasteiger partial charge in [-0.1, -0.05) is 26.0 Å². The predicted molar refractivity (Wildman–Crippen MR) is 73.3 cm³/mol. The molecule has 1 aliphatic heterocycles. The lowest BCUT2D eigenvalue weighted by atomic mass is 9.82. The SMILES string of the molecule is CC1(C)CCN(C(=O)c2ccc(CN)cc2)CC1. The van der Waals surface area contributed by atoms with Gasteiger partial charge in [0.25, 0.3) is 5.91 Å². The van der Waals surface area contributed by atoms with Gasteiger partial charge in [-0.05, 0) is 36.0 Å². The second-order valence-electron chi connectivity index (χ2n) is 5.86. The van der Waals surface area contributed by atoms with Gasteiger partial charge in [-0.25, -0.2) is 0 Å². The summed E-state index contributed by atoms with van der Waals surface area (Å²) in [4.78, 5) is 14.3. The van der Waals surface area contributed by atoms with E-state index in [0.717, 1.165) is 37.1 Å². The van der Waals surface area contributed by atoms with Gasteiger partial charge in [0.2, 0.25) is 0 Å². The highest BCUT2D eigenvalue weighted by atomic mass is 16.2. The number of carbonyl (C=O) groups excluding carboxylic acids is 1. The normalized spacial score (nSPS) is 18.7. The van der Waals surface area contributed by atoms with Gasteiger partial charge in [-0.2, -0.15) is 0 Å². The highest BCUT2D eigenvalue weighted by Gasteiger charge is 2.28. The van der Waals surface area contributed by atoms with Gasteiger partial charge in [-0.15, -0.1) is 0 Å². The topological polar surface area (TPSA) is 46.3 Å². The molecule has 1 aromatic carbocycles. The highest BCUT2D eigenvalue weighted by molar-refractivity contribution is 5.94. The van der Waals surface area contributed by atoms with Crippen molar-refractivity contribution in [2.24, 2.45) is 11.1 Å². The monoisotopic (exact) mass is 246 g/mol. The number of hydrogen-bond donors (Lipinski definition) is 1. The number of nitrogens with two attached hydrogens (primary N) is 1. The summed E-state index contributed by atoms with van der Waals surface area (Å²) in [7, 11) is 0. The summed E-state index contributed by atoms with van der Waals surface area (Å²) in [5.74, 6) is 0.147. The van der Waals surface area contributed by atoms with Gasteiger partial charge in [-0.3, -0.25) is 4.79 Å². The van der Waals surface area contributed by atoms with Crippen molar-refractivity contribution in [3.63, 3.8) is 0 Å². The molecule has 2 rings (SSSR count). The molecule has 0 radical (unpaired) electrons. The number of carbonyl (C=O) groups is 1. The smallest absolute Gasteiger partial charge is 0.253 e. The van der Waals surface area contributed by atoms with Crippen molar-refractivity contribution in [2.45, 2.75) is 33.2 Å². The van der Waals surface area contributed by atoms with Gasteiger partial charge in [0.15, 0.2) is 0 Å². The second kappa shape index (κ2) is 5.11. The van der Waals surface area contributed by atoms with Crippen LogP contribution in [0.15, 0.2) is 24.3 Å². The summed E-state index contributed by atoms with van der Waals surface area (Å²) in [6.45, 7) is 6.79. The molecule has 0 atom stereocenters. The fraction of sp³-hybridized carbons (Fsp3) is 0.533. The van der Waals surface area contributed by atoms with E-state index in [1.807, 2.05) is 29.2 Å². The van der Waals surface area contributed by atoms with E-state index in [2.05, 4.69) is 13.8 Å². The van der Waals surface area contributed by atoms with Crippen molar-refractivity contribution in [2.75, 3.05) is 13.1 Å². The van der Waals surface area contributed by atoms with Gasteiger partial charge in [0.05, 0.1) is 0 Å². The number of likely N-dealkylation sites (tertiary alicyclic amines) is 1. The maximum atomic E-state index is 12.3. The lowest BCUT2D eigenvalue weighted by molar-refractivity contribution is 0.0630. The number of benzene rings is 1. The summed E-state index contributed by atoms with van der Waals surface area (Å²) in [6.07, 6.45) is 2.17. The zero-order chi connectivity index (χ0) is 13.2. The average Bonchev–Trinajstić information content (AvgIpc) is 2.38. The van der Waals surface area contributed by atoms with E-state index in [0.29, 0.717) is 12.0 Å². The molecule has 2 N–H and O–H groups in total. The van der Waals surface area contributed by atoms with Crippen LogP contribution in [0.5, 0.6) is 0 Å². The van der Waals surface area contributed by atoms with E-state index in [4.69, 9.17) is 5.73 Å². The molecule has 1 amide bonds. The van der Waals surface area contributed by atoms with E-state index in [9.17, 15) is 4.79 Å². The van der Waals surface area contributed by atoms with Crippen LogP contribution in [0.3, 0.4) is 0 Å². The average molecular weight is 246 g/mol.